The smallest absolute Gasteiger partial charge is 0.192 e. The topological polar surface area (TPSA) is 77.2 Å². The van der Waals surface area contributed by atoms with E-state index in [9.17, 15) is 12.8 Å². The highest BCUT2D eigenvalue weighted by molar-refractivity contribution is 7.90. The van der Waals surface area contributed by atoms with Gasteiger partial charge in [0.1, 0.15) is 11.5 Å². The highest BCUT2D eigenvalue weighted by Crippen LogP contribution is 2.33. The zero-order valence-electron chi connectivity index (χ0n) is 13.7. The monoisotopic (exact) mass is 368 g/mol. The molecule has 130 valence electrons. The van der Waals surface area contributed by atoms with Crippen LogP contribution in [-0.2, 0) is 9.84 Å². The maximum Gasteiger partial charge on any atom is 0.192 e. The number of aromatic nitrogens is 4. The van der Waals surface area contributed by atoms with E-state index in [0.29, 0.717) is 16.8 Å². The Hall–Kier alpha value is -3.13. The lowest BCUT2D eigenvalue weighted by Crippen LogP contribution is -2.02. The summed E-state index contributed by atoms with van der Waals surface area (Å²) in [5.41, 5.74) is 2.53. The van der Waals surface area contributed by atoms with Crippen molar-refractivity contribution in [3.05, 3.63) is 66.7 Å². The highest BCUT2D eigenvalue weighted by atomic mass is 32.2. The van der Waals surface area contributed by atoms with E-state index in [-0.39, 0.29) is 16.7 Å². The third kappa shape index (κ3) is 2.84. The first-order valence-electron chi connectivity index (χ1n) is 7.70. The molecule has 26 heavy (non-hydrogen) atoms. The summed E-state index contributed by atoms with van der Waals surface area (Å²) in [6.07, 6.45) is 4.27. The Morgan fingerprint density at radius 1 is 1.04 bits per heavy atom. The van der Waals surface area contributed by atoms with Crippen LogP contribution in [0.15, 0.2) is 66.0 Å². The van der Waals surface area contributed by atoms with Crippen molar-refractivity contribution in [3.63, 3.8) is 0 Å². The summed E-state index contributed by atoms with van der Waals surface area (Å²) < 4.78 is 38.7. The Morgan fingerprint density at radius 3 is 2.54 bits per heavy atom. The molecule has 0 aliphatic carbocycles. The first-order valence-corrected chi connectivity index (χ1v) is 9.59. The minimum absolute atomic E-state index is 0.0668. The molecule has 3 heterocycles. The number of fused-ring (bicyclic) bond motifs is 1. The fourth-order valence-corrected chi connectivity index (χ4v) is 3.26. The van der Waals surface area contributed by atoms with Crippen LogP contribution < -0.4 is 0 Å². The first kappa shape index (κ1) is 16.3. The van der Waals surface area contributed by atoms with Crippen molar-refractivity contribution in [3.8, 4) is 22.6 Å². The fourth-order valence-electron chi connectivity index (χ4n) is 2.70. The van der Waals surface area contributed by atoms with Crippen LogP contribution in [0, 0.1) is 5.82 Å². The number of sulfone groups is 1. The van der Waals surface area contributed by atoms with E-state index in [4.69, 9.17) is 0 Å². The summed E-state index contributed by atoms with van der Waals surface area (Å²) in [6, 6.07) is 12.8. The Labute approximate surface area is 148 Å². The minimum Gasteiger partial charge on any atom is -0.240 e. The van der Waals surface area contributed by atoms with Crippen LogP contribution >= 0.6 is 0 Å². The van der Waals surface area contributed by atoms with E-state index in [2.05, 4.69) is 15.1 Å². The van der Waals surface area contributed by atoms with Crippen molar-refractivity contribution in [2.75, 3.05) is 6.26 Å². The van der Waals surface area contributed by atoms with Crippen molar-refractivity contribution in [2.45, 2.75) is 5.03 Å². The van der Waals surface area contributed by atoms with Gasteiger partial charge in [-0.2, -0.15) is 5.10 Å². The number of rotatable bonds is 3. The molecule has 0 amide bonds. The predicted molar refractivity (Wildman–Crippen MR) is 94.7 cm³/mol. The van der Waals surface area contributed by atoms with E-state index in [1.54, 1.807) is 22.8 Å². The van der Waals surface area contributed by atoms with Gasteiger partial charge in [0.2, 0.25) is 0 Å². The number of halogens is 1. The molecule has 0 radical (unpaired) electrons. The fraction of sp³-hybridized carbons (Fsp3) is 0.0556. The van der Waals surface area contributed by atoms with Gasteiger partial charge in [-0.15, -0.1) is 0 Å². The summed E-state index contributed by atoms with van der Waals surface area (Å²) in [6.45, 7) is 0. The number of hydrogen-bond acceptors (Lipinski definition) is 5. The normalized spacial score (nSPS) is 11.8. The van der Waals surface area contributed by atoms with E-state index in [1.165, 1.54) is 24.4 Å². The van der Waals surface area contributed by atoms with Crippen LogP contribution in [0.2, 0.25) is 0 Å². The van der Waals surface area contributed by atoms with Gasteiger partial charge in [0.05, 0.1) is 11.1 Å². The van der Waals surface area contributed by atoms with Crippen LogP contribution in [0.1, 0.15) is 0 Å². The van der Waals surface area contributed by atoms with Crippen LogP contribution in [0.25, 0.3) is 28.2 Å². The van der Waals surface area contributed by atoms with Gasteiger partial charge in [-0.3, -0.25) is 0 Å². The van der Waals surface area contributed by atoms with Gasteiger partial charge in [0.15, 0.2) is 20.7 Å². The van der Waals surface area contributed by atoms with Gasteiger partial charge < -0.3 is 0 Å². The quantitative estimate of drug-likeness (QED) is 0.520. The molecule has 3 aromatic heterocycles. The molecule has 0 saturated heterocycles. The molecule has 0 saturated carbocycles. The molecular weight excluding hydrogens is 355 g/mol. The molecule has 4 rings (SSSR count). The lowest BCUT2D eigenvalue weighted by molar-refractivity contribution is 0.598. The van der Waals surface area contributed by atoms with Crippen LogP contribution in [-0.4, -0.2) is 34.3 Å². The Morgan fingerprint density at radius 2 is 1.81 bits per heavy atom. The number of pyridine rings is 1. The van der Waals surface area contributed by atoms with E-state index in [0.717, 1.165) is 11.8 Å². The number of hydrogen-bond donors (Lipinski definition) is 0. The minimum atomic E-state index is -3.48. The van der Waals surface area contributed by atoms with Crippen molar-refractivity contribution < 1.29 is 12.8 Å². The third-order valence-electron chi connectivity index (χ3n) is 3.89. The van der Waals surface area contributed by atoms with Gasteiger partial charge in [-0.1, -0.05) is 6.07 Å². The summed E-state index contributed by atoms with van der Waals surface area (Å²) in [5.74, 6) is -0.108. The zero-order chi connectivity index (χ0) is 18.3. The van der Waals surface area contributed by atoms with Gasteiger partial charge in [0, 0.05) is 24.2 Å². The van der Waals surface area contributed by atoms with Gasteiger partial charge >= 0.3 is 0 Å². The lowest BCUT2D eigenvalue weighted by Gasteiger charge is -2.04. The molecular formula is C18H13FN4O2S. The number of benzene rings is 1. The second-order valence-corrected chi connectivity index (χ2v) is 7.71. The van der Waals surface area contributed by atoms with Gasteiger partial charge in [0.25, 0.3) is 0 Å². The van der Waals surface area contributed by atoms with Gasteiger partial charge in [-0.05, 0) is 42.5 Å². The largest absolute Gasteiger partial charge is 0.240 e. The summed E-state index contributed by atoms with van der Waals surface area (Å²) in [4.78, 5) is 8.46. The van der Waals surface area contributed by atoms with Crippen molar-refractivity contribution >= 4 is 15.4 Å². The molecule has 0 spiro atoms. The average Bonchev–Trinajstić information content (AvgIpc) is 3.01. The SMILES string of the molecule is CS(=O)(=O)c1ccnc(-c2c(-c3ccc(F)cc3)nn3ccccc23)n1. The third-order valence-corrected chi connectivity index (χ3v) is 4.88. The molecule has 0 aliphatic rings. The molecule has 0 N–H and O–H groups in total. The van der Waals surface area contributed by atoms with Crippen molar-refractivity contribution in [1.82, 2.24) is 19.6 Å². The molecule has 1 aromatic carbocycles. The van der Waals surface area contributed by atoms with Crippen molar-refractivity contribution in [1.29, 1.82) is 0 Å². The van der Waals surface area contributed by atoms with E-state index in [1.807, 2.05) is 18.2 Å². The molecule has 0 atom stereocenters. The van der Waals surface area contributed by atoms with Crippen LogP contribution in [0.4, 0.5) is 4.39 Å². The summed E-state index contributed by atoms with van der Waals surface area (Å²) in [7, 11) is -3.48. The summed E-state index contributed by atoms with van der Waals surface area (Å²) >= 11 is 0. The second-order valence-electron chi connectivity index (χ2n) is 5.75. The van der Waals surface area contributed by atoms with Crippen molar-refractivity contribution in [2.24, 2.45) is 0 Å². The van der Waals surface area contributed by atoms with Crippen LogP contribution in [0.5, 0.6) is 0 Å². The second kappa shape index (κ2) is 5.99. The maximum absolute atomic E-state index is 13.3. The predicted octanol–water partition coefficient (Wildman–Crippen LogP) is 3.00. The zero-order valence-corrected chi connectivity index (χ0v) is 14.5. The Kier molecular flexibility index (Phi) is 3.77. The highest BCUT2D eigenvalue weighted by Gasteiger charge is 2.20. The Balaban J connectivity index is 2.03. The first-order chi connectivity index (χ1) is 12.4. The Bertz CT molecular complexity index is 1220. The molecule has 8 heteroatoms. The van der Waals surface area contributed by atoms with Crippen LogP contribution in [0.3, 0.4) is 0 Å². The molecule has 6 nitrogen and oxygen atoms in total. The number of nitrogens with zero attached hydrogens (tertiary/aromatic N) is 4. The molecule has 0 fully saturated rings. The molecule has 4 aromatic rings. The lowest BCUT2D eigenvalue weighted by atomic mass is 10.1. The molecule has 0 unspecified atom stereocenters. The maximum atomic E-state index is 13.3. The van der Waals surface area contributed by atoms with E-state index < -0.39 is 9.84 Å². The standard InChI is InChI=1S/C18H13FN4O2S/c1-26(24,25)15-9-10-20-18(21-15)16-14-4-2-3-11-23(14)22-17(16)12-5-7-13(19)8-6-12/h2-11H,1H3. The summed E-state index contributed by atoms with van der Waals surface area (Å²) in [5, 5.41) is 4.48. The van der Waals surface area contributed by atoms with E-state index >= 15 is 0 Å². The average molecular weight is 368 g/mol. The molecule has 0 bridgehead atoms. The molecule has 0 aliphatic heterocycles. The van der Waals surface area contributed by atoms with Gasteiger partial charge in [-0.25, -0.2) is 27.3 Å².